The van der Waals surface area contributed by atoms with Crippen LogP contribution in [0.15, 0.2) is 15.8 Å². The maximum absolute atomic E-state index is 12.8. The number of nitrogens with zero attached hydrogens (tertiary/aromatic N) is 1. The summed E-state index contributed by atoms with van der Waals surface area (Å²) in [6, 6.07) is 0. The van der Waals surface area contributed by atoms with Crippen LogP contribution in [0.25, 0.3) is 0 Å². The molecule has 80 valence electrons. The Kier molecular flexibility index (Phi) is 3.83. The van der Waals surface area contributed by atoms with Crippen LogP contribution in [-0.2, 0) is 6.54 Å². The Balaban J connectivity index is 2.71. The van der Waals surface area contributed by atoms with Gasteiger partial charge in [0.15, 0.2) is 0 Å². The summed E-state index contributed by atoms with van der Waals surface area (Å²) in [5, 5.41) is 2.83. The fraction of sp³-hybridized carbons (Fsp3) is 0.333. The lowest BCUT2D eigenvalue weighted by atomic mass is 10.5. The summed E-state index contributed by atoms with van der Waals surface area (Å²) < 4.78 is 13.8. The van der Waals surface area contributed by atoms with E-state index in [9.17, 15) is 14.0 Å². The highest BCUT2D eigenvalue weighted by atomic mass is 19.1. The van der Waals surface area contributed by atoms with Crippen LogP contribution in [0.5, 0.6) is 0 Å². The van der Waals surface area contributed by atoms with Crippen LogP contribution in [0.3, 0.4) is 0 Å². The Hall–Kier alpha value is -1.87. The van der Waals surface area contributed by atoms with E-state index in [-0.39, 0.29) is 6.54 Å². The van der Waals surface area contributed by atoms with Crippen LogP contribution in [0.2, 0.25) is 0 Å². The summed E-state index contributed by atoms with van der Waals surface area (Å²) in [5.74, 6) is 1.38. The average Bonchev–Trinajstić information content (AvgIpc) is 2.20. The third-order valence-electron chi connectivity index (χ3n) is 1.72. The van der Waals surface area contributed by atoms with Gasteiger partial charge in [-0.1, -0.05) is 5.92 Å². The van der Waals surface area contributed by atoms with Crippen molar-refractivity contribution in [1.82, 2.24) is 14.9 Å². The number of halogens is 1. The van der Waals surface area contributed by atoms with Gasteiger partial charge in [0.25, 0.3) is 5.56 Å². The van der Waals surface area contributed by atoms with Crippen LogP contribution in [0.1, 0.15) is 0 Å². The Bertz CT molecular complexity index is 483. The molecular formula is C9H10FN3O2. The van der Waals surface area contributed by atoms with Crippen molar-refractivity contribution in [3.63, 3.8) is 0 Å². The molecule has 1 rings (SSSR count). The van der Waals surface area contributed by atoms with Crippen molar-refractivity contribution < 1.29 is 4.39 Å². The van der Waals surface area contributed by atoms with E-state index < -0.39 is 17.1 Å². The molecule has 0 spiro atoms. The minimum Gasteiger partial charge on any atom is -0.304 e. The Morgan fingerprint density at radius 1 is 1.60 bits per heavy atom. The monoisotopic (exact) mass is 211 g/mol. The Morgan fingerprint density at radius 3 is 3.00 bits per heavy atom. The minimum absolute atomic E-state index is 0.244. The summed E-state index contributed by atoms with van der Waals surface area (Å²) in [6.45, 7) is 1.05. The van der Waals surface area contributed by atoms with Crippen LogP contribution >= 0.6 is 0 Å². The SMILES string of the molecule is C#CCNCCn1cc(F)c(=O)[nH]c1=O. The third kappa shape index (κ3) is 3.07. The number of hydrogen-bond donors (Lipinski definition) is 2. The van der Waals surface area contributed by atoms with E-state index in [4.69, 9.17) is 6.42 Å². The molecule has 1 aromatic rings. The van der Waals surface area contributed by atoms with Gasteiger partial charge in [0.05, 0.1) is 12.7 Å². The fourth-order valence-corrected chi connectivity index (χ4v) is 1.01. The number of H-pyrrole nitrogens is 1. The van der Waals surface area contributed by atoms with E-state index in [0.717, 1.165) is 10.8 Å². The zero-order valence-corrected chi connectivity index (χ0v) is 7.92. The van der Waals surface area contributed by atoms with Crippen molar-refractivity contribution in [3.05, 3.63) is 32.9 Å². The summed E-state index contributed by atoms with van der Waals surface area (Å²) >= 11 is 0. The highest BCUT2D eigenvalue weighted by Gasteiger charge is 2.02. The molecule has 2 N–H and O–H groups in total. The highest BCUT2D eigenvalue weighted by Crippen LogP contribution is 1.83. The van der Waals surface area contributed by atoms with Crippen LogP contribution in [0, 0.1) is 18.2 Å². The van der Waals surface area contributed by atoms with E-state index in [1.54, 1.807) is 0 Å². The lowest BCUT2D eigenvalue weighted by Gasteiger charge is -2.04. The first-order valence-corrected chi connectivity index (χ1v) is 4.28. The number of hydrogen-bond acceptors (Lipinski definition) is 3. The van der Waals surface area contributed by atoms with Crippen molar-refractivity contribution in [3.8, 4) is 12.3 Å². The normalized spacial score (nSPS) is 9.87. The minimum atomic E-state index is -1.01. The standard InChI is InChI=1S/C9H10FN3O2/c1-2-3-11-4-5-13-6-7(10)8(14)12-9(13)15/h1,6,11H,3-5H2,(H,12,14,15). The molecule has 0 unspecified atom stereocenters. The molecule has 0 aromatic carbocycles. The molecule has 1 aromatic heterocycles. The van der Waals surface area contributed by atoms with Gasteiger partial charge in [0, 0.05) is 13.1 Å². The van der Waals surface area contributed by atoms with Gasteiger partial charge in [-0.25, -0.2) is 4.79 Å². The van der Waals surface area contributed by atoms with Crippen LogP contribution in [0.4, 0.5) is 4.39 Å². The molecule has 0 bridgehead atoms. The van der Waals surface area contributed by atoms with Crippen molar-refractivity contribution in [2.45, 2.75) is 6.54 Å². The predicted octanol–water partition coefficient (Wildman–Crippen LogP) is -1.10. The third-order valence-corrected chi connectivity index (χ3v) is 1.72. The Labute approximate surface area is 84.9 Å². The van der Waals surface area contributed by atoms with Gasteiger partial charge < -0.3 is 5.32 Å². The summed E-state index contributed by atoms with van der Waals surface area (Å²) in [4.78, 5) is 23.7. The first-order valence-electron chi connectivity index (χ1n) is 4.28. The molecule has 0 atom stereocenters. The zero-order valence-electron chi connectivity index (χ0n) is 7.92. The van der Waals surface area contributed by atoms with Crippen molar-refractivity contribution in [2.75, 3.05) is 13.1 Å². The van der Waals surface area contributed by atoms with E-state index >= 15 is 0 Å². The quantitative estimate of drug-likeness (QED) is 0.490. The maximum Gasteiger partial charge on any atom is 0.328 e. The second-order valence-corrected chi connectivity index (χ2v) is 2.81. The van der Waals surface area contributed by atoms with Gasteiger partial charge in [-0.3, -0.25) is 14.3 Å². The lowest BCUT2D eigenvalue weighted by molar-refractivity contribution is 0.538. The largest absolute Gasteiger partial charge is 0.328 e. The first kappa shape index (κ1) is 11.2. The number of nitrogens with one attached hydrogen (secondary N) is 2. The summed E-state index contributed by atoms with van der Waals surface area (Å²) in [6.07, 6.45) is 5.87. The van der Waals surface area contributed by atoms with Gasteiger partial charge in [0.2, 0.25) is 5.82 Å². The van der Waals surface area contributed by atoms with E-state index in [1.165, 1.54) is 0 Å². The average molecular weight is 211 g/mol. The van der Waals surface area contributed by atoms with E-state index in [0.29, 0.717) is 13.1 Å². The molecule has 0 saturated carbocycles. The van der Waals surface area contributed by atoms with Crippen molar-refractivity contribution in [1.29, 1.82) is 0 Å². The number of aromatic nitrogens is 2. The molecule has 0 aliphatic rings. The number of rotatable bonds is 4. The number of terminal acetylenes is 1. The molecule has 6 heteroatoms. The molecular weight excluding hydrogens is 201 g/mol. The molecule has 0 radical (unpaired) electrons. The lowest BCUT2D eigenvalue weighted by Crippen LogP contribution is -2.34. The van der Waals surface area contributed by atoms with Gasteiger partial charge in [-0.05, 0) is 0 Å². The molecule has 1 heterocycles. The molecule has 5 nitrogen and oxygen atoms in total. The molecule has 0 saturated heterocycles. The Morgan fingerprint density at radius 2 is 2.33 bits per heavy atom. The van der Waals surface area contributed by atoms with Gasteiger partial charge >= 0.3 is 5.69 Å². The topological polar surface area (TPSA) is 66.9 Å². The molecule has 0 amide bonds. The fourth-order valence-electron chi connectivity index (χ4n) is 1.01. The van der Waals surface area contributed by atoms with E-state index in [2.05, 4.69) is 11.2 Å². The van der Waals surface area contributed by atoms with Crippen LogP contribution < -0.4 is 16.6 Å². The van der Waals surface area contributed by atoms with E-state index in [1.807, 2.05) is 4.98 Å². The second kappa shape index (κ2) is 5.12. The molecule has 15 heavy (non-hydrogen) atoms. The zero-order chi connectivity index (χ0) is 11.3. The van der Waals surface area contributed by atoms with Gasteiger partial charge in [0.1, 0.15) is 0 Å². The van der Waals surface area contributed by atoms with Gasteiger partial charge in [-0.15, -0.1) is 6.42 Å². The van der Waals surface area contributed by atoms with Crippen molar-refractivity contribution >= 4 is 0 Å². The van der Waals surface area contributed by atoms with Crippen molar-refractivity contribution in [2.24, 2.45) is 0 Å². The molecule has 0 aliphatic heterocycles. The number of aromatic amines is 1. The molecule has 0 fully saturated rings. The first-order chi connectivity index (χ1) is 7.15. The summed E-state index contributed by atoms with van der Waals surface area (Å²) in [7, 11) is 0. The summed E-state index contributed by atoms with van der Waals surface area (Å²) in [5.41, 5.74) is -1.64. The maximum atomic E-state index is 12.8. The van der Waals surface area contributed by atoms with Gasteiger partial charge in [-0.2, -0.15) is 4.39 Å². The predicted molar refractivity (Wildman–Crippen MR) is 53.0 cm³/mol. The van der Waals surface area contributed by atoms with Crippen LogP contribution in [-0.4, -0.2) is 22.6 Å². The highest BCUT2D eigenvalue weighted by molar-refractivity contribution is 4.88. The molecule has 0 aliphatic carbocycles. The smallest absolute Gasteiger partial charge is 0.304 e. The second-order valence-electron chi connectivity index (χ2n) is 2.81.